The number of aromatic nitrogens is 6. The third kappa shape index (κ3) is 4.33. The van der Waals surface area contributed by atoms with Crippen molar-refractivity contribution >= 4 is 50.7 Å². The van der Waals surface area contributed by atoms with Crippen molar-refractivity contribution < 1.29 is 4.39 Å². The molecular weight excluding hydrogens is 543 g/mol. The van der Waals surface area contributed by atoms with Gasteiger partial charge in [-0.1, -0.05) is 29.4 Å². The van der Waals surface area contributed by atoms with Crippen LogP contribution < -0.4 is 5.56 Å². The van der Waals surface area contributed by atoms with Gasteiger partial charge < -0.3 is 0 Å². The standard InChI is InChI=1S/C23H17BrClFN6OS/c1-12-16(9-17-18(25)4-3-5-19(17)26)13(2)32-22(27-12)29-23(30-32)34-11-15-8-21(33)31-10-14(24)6-7-20(31)28-15/h3-8,10H,9,11H2,1-2H3. The van der Waals surface area contributed by atoms with Crippen molar-refractivity contribution in [2.45, 2.75) is 31.2 Å². The zero-order valence-electron chi connectivity index (χ0n) is 18.1. The van der Waals surface area contributed by atoms with Gasteiger partial charge in [-0.05, 0) is 59.6 Å². The van der Waals surface area contributed by atoms with E-state index in [1.807, 2.05) is 19.9 Å². The molecule has 0 unspecified atom stereocenters. The minimum Gasteiger partial charge on any atom is -0.269 e. The van der Waals surface area contributed by atoms with Crippen LogP contribution in [0.15, 0.2) is 57.0 Å². The number of thioether (sulfide) groups is 1. The van der Waals surface area contributed by atoms with Crippen molar-refractivity contribution in [1.29, 1.82) is 0 Å². The topological polar surface area (TPSA) is 77.5 Å². The van der Waals surface area contributed by atoms with Gasteiger partial charge in [0.2, 0.25) is 5.16 Å². The lowest BCUT2D eigenvalue weighted by Gasteiger charge is -2.12. The molecule has 11 heteroatoms. The quantitative estimate of drug-likeness (QED) is 0.276. The van der Waals surface area contributed by atoms with Gasteiger partial charge in [-0.25, -0.2) is 18.9 Å². The Bertz CT molecular complexity index is 1620. The van der Waals surface area contributed by atoms with Crippen molar-refractivity contribution in [3.63, 3.8) is 0 Å². The number of fused-ring (bicyclic) bond motifs is 2. The maximum Gasteiger partial charge on any atom is 0.258 e. The van der Waals surface area contributed by atoms with Crippen molar-refractivity contribution in [3.05, 3.63) is 96.5 Å². The summed E-state index contributed by atoms with van der Waals surface area (Å²) in [4.78, 5) is 26.1. The molecular formula is C23H17BrClFN6OS. The average molecular weight is 560 g/mol. The van der Waals surface area contributed by atoms with Crippen LogP contribution in [0.25, 0.3) is 11.4 Å². The van der Waals surface area contributed by atoms with E-state index in [0.717, 1.165) is 21.4 Å². The lowest BCUT2D eigenvalue weighted by atomic mass is 10.0. The molecule has 5 aromatic rings. The first-order valence-corrected chi connectivity index (χ1v) is 12.4. The molecule has 0 spiro atoms. The Labute approximate surface area is 211 Å². The molecule has 0 bridgehead atoms. The molecule has 7 nitrogen and oxygen atoms in total. The number of benzene rings is 1. The summed E-state index contributed by atoms with van der Waals surface area (Å²) < 4.78 is 18.3. The molecule has 0 aliphatic heterocycles. The molecule has 5 rings (SSSR count). The molecule has 0 N–H and O–H groups in total. The number of rotatable bonds is 5. The molecule has 1 aromatic carbocycles. The molecule has 4 aromatic heterocycles. The van der Waals surface area contributed by atoms with Crippen LogP contribution in [0.1, 0.15) is 28.2 Å². The fraction of sp³-hybridized carbons (Fsp3) is 0.174. The van der Waals surface area contributed by atoms with E-state index < -0.39 is 0 Å². The number of hydrogen-bond donors (Lipinski definition) is 0. The summed E-state index contributed by atoms with van der Waals surface area (Å²) in [5, 5.41) is 5.46. The zero-order chi connectivity index (χ0) is 24.0. The van der Waals surface area contributed by atoms with Gasteiger partial charge in [-0.15, -0.1) is 5.10 Å². The van der Waals surface area contributed by atoms with E-state index >= 15 is 0 Å². The summed E-state index contributed by atoms with van der Waals surface area (Å²) in [6.07, 6.45) is 1.99. The molecule has 0 saturated carbocycles. The Balaban J connectivity index is 1.43. The van der Waals surface area contributed by atoms with Gasteiger partial charge in [0.1, 0.15) is 11.5 Å². The largest absolute Gasteiger partial charge is 0.269 e. The number of pyridine rings is 1. The van der Waals surface area contributed by atoms with E-state index in [2.05, 4.69) is 36.0 Å². The highest BCUT2D eigenvalue weighted by molar-refractivity contribution is 9.10. The van der Waals surface area contributed by atoms with Crippen LogP contribution >= 0.6 is 39.3 Å². The van der Waals surface area contributed by atoms with Gasteiger partial charge >= 0.3 is 0 Å². The Morgan fingerprint density at radius 3 is 2.74 bits per heavy atom. The van der Waals surface area contributed by atoms with Gasteiger partial charge in [-0.3, -0.25) is 9.20 Å². The molecule has 4 heterocycles. The second-order valence-electron chi connectivity index (χ2n) is 7.69. The molecule has 0 amide bonds. The first-order valence-electron chi connectivity index (χ1n) is 10.3. The van der Waals surface area contributed by atoms with E-state index in [1.54, 1.807) is 28.9 Å². The SMILES string of the molecule is Cc1nc2nc(SCc3cc(=O)n4cc(Br)ccc4n3)nn2c(C)c1Cc1c(F)cccc1Cl. The van der Waals surface area contributed by atoms with E-state index in [1.165, 1.54) is 28.3 Å². The predicted molar refractivity (Wildman–Crippen MR) is 133 cm³/mol. The summed E-state index contributed by atoms with van der Waals surface area (Å²) in [6, 6.07) is 9.78. The van der Waals surface area contributed by atoms with Crippen LogP contribution in [0.3, 0.4) is 0 Å². The maximum absolute atomic E-state index is 14.3. The highest BCUT2D eigenvalue weighted by atomic mass is 79.9. The van der Waals surface area contributed by atoms with Gasteiger partial charge in [0.25, 0.3) is 11.3 Å². The van der Waals surface area contributed by atoms with Crippen LogP contribution in [0.5, 0.6) is 0 Å². The molecule has 0 aliphatic rings. The van der Waals surface area contributed by atoms with Gasteiger partial charge in [-0.2, -0.15) is 4.98 Å². The molecule has 0 fully saturated rings. The number of aryl methyl sites for hydroxylation is 2. The maximum atomic E-state index is 14.3. The highest BCUT2D eigenvalue weighted by Gasteiger charge is 2.17. The van der Waals surface area contributed by atoms with Crippen LogP contribution in [0.4, 0.5) is 4.39 Å². The molecule has 0 radical (unpaired) electrons. The minimum absolute atomic E-state index is 0.158. The third-order valence-electron chi connectivity index (χ3n) is 5.47. The molecule has 34 heavy (non-hydrogen) atoms. The third-order valence-corrected chi connectivity index (χ3v) is 7.16. The van der Waals surface area contributed by atoms with E-state index in [-0.39, 0.29) is 11.4 Å². The number of nitrogens with zero attached hydrogens (tertiary/aromatic N) is 6. The summed E-state index contributed by atoms with van der Waals surface area (Å²) in [5.74, 6) is 0.527. The predicted octanol–water partition coefficient (Wildman–Crippen LogP) is 5.19. The Morgan fingerprint density at radius 2 is 1.94 bits per heavy atom. The fourth-order valence-electron chi connectivity index (χ4n) is 3.72. The normalized spacial score (nSPS) is 11.6. The highest BCUT2D eigenvalue weighted by Crippen LogP contribution is 2.26. The van der Waals surface area contributed by atoms with Crippen molar-refractivity contribution in [2.24, 2.45) is 0 Å². The van der Waals surface area contributed by atoms with Crippen LogP contribution in [-0.4, -0.2) is 29.0 Å². The summed E-state index contributed by atoms with van der Waals surface area (Å²) in [5.41, 5.74) is 3.86. The smallest absolute Gasteiger partial charge is 0.258 e. The number of halogens is 3. The van der Waals surface area contributed by atoms with E-state index in [0.29, 0.717) is 45.0 Å². The van der Waals surface area contributed by atoms with Gasteiger partial charge in [0.05, 0.1) is 5.69 Å². The van der Waals surface area contributed by atoms with E-state index in [4.69, 9.17) is 11.6 Å². The van der Waals surface area contributed by atoms with E-state index in [9.17, 15) is 9.18 Å². The monoisotopic (exact) mass is 558 g/mol. The summed E-state index contributed by atoms with van der Waals surface area (Å²) in [6.45, 7) is 3.77. The van der Waals surface area contributed by atoms with Crippen molar-refractivity contribution in [3.8, 4) is 0 Å². The van der Waals surface area contributed by atoms with Crippen LogP contribution in [0.2, 0.25) is 5.02 Å². The van der Waals surface area contributed by atoms with Gasteiger partial charge in [0, 0.05) is 50.9 Å². The second-order valence-corrected chi connectivity index (χ2v) is 9.96. The van der Waals surface area contributed by atoms with Crippen LogP contribution in [0, 0.1) is 19.7 Å². The minimum atomic E-state index is -0.354. The first kappa shape index (κ1) is 22.9. The van der Waals surface area contributed by atoms with Gasteiger partial charge in [0.15, 0.2) is 0 Å². The lowest BCUT2D eigenvalue weighted by molar-refractivity contribution is 0.613. The Hall–Kier alpha value is -2.82. The Kier molecular flexibility index (Phi) is 6.13. The molecule has 172 valence electrons. The Morgan fingerprint density at radius 1 is 1.12 bits per heavy atom. The van der Waals surface area contributed by atoms with Crippen LogP contribution in [-0.2, 0) is 12.2 Å². The fourth-order valence-corrected chi connectivity index (χ4v) is 5.00. The summed E-state index contributed by atoms with van der Waals surface area (Å²) in [7, 11) is 0. The number of hydrogen-bond acceptors (Lipinski definition) is 6. The molecule has 0 aliphatic carbocycles. The molecule has 0 atom stereocenters. The second kappa shape index (κ2) is 9.09. The van der Waals surface area contributed by atoms with Crippen molar-refractivity contribution in [2.75, 3.05) is 0 Å². The average Bonchev–Trinajstić information content (AvgIpc) is 3.20. The first-order chi connectivity index (χ1) is 16.3. The summed E-state index contributed by atoms with van der Waals surface area (Å²) >= 11 is 11.0. The lowest BCUT2D eigenvalue weighted by Crippen LogP contribution is -2.15. The van der Waals surface area contributed by atoms with Crippen molar-refractivity contribution in [1.82, 2.24) is 29.0 Å². The molecule has 0 saturated heterocycles. The zero-order valence-corrected chi connectivity index (χ0v) is 21.2.